The molecule has 0 atom stereocenters. The number of aromatic nitrogens is 1. The van der Waals surface area contributed by atoms with Crippen molar-refractivity contribution in [2.75, 3.05) is 13.6 Å². The molecule has 0 aliphatic heterocycles. The molecule has 0 radical (unpaired) electrons. The Labute approximate surface area is 140 Å². The number of hydrogen-bond donors (Lipinski definition) is 3. The van der Waals surface area contributed by atoms with Gasteiger partial charge in [-0.1, -0.05) is 19.1 Å². The number of nitrogens with one attached hydrogen (secondary N) is 2. The average Bonchev–Trinajstić information content (AvgIpc) is 2.55. The van der Waals surface area contributed by atoms with Gasteiger partial charge in [-0.2, -0.15) is 0 Å². The molecule has 4 N–H and O–H groups in total. The molecule has 0 bridgehead atoms. The Bertz CT molecular complexity index is 679. The van der Waals surface area contributed by atoms with E-state index < -0.39 is 5.41 Å². The molecule has 1 amide bonds. The van der Waals surface area contributed by atoms with Crippen molar-refractivity contribution < 1.29 is 9.18 Å². The number of amides is 1. The predicted molar refractivity (Wildman–Crippen MR) is 91.7 cm³/mol. The molecule has 2 rings (SSSR count). The van der Waals surface area contributed by atoms with Crippen molar-refractivity contribution in [3.63, 3.8) is 0 Å². The second kappa shape index (κ2) is 7.72. The van der Waals surface area contributed by atoms with Crippen molar-refractivity contribution in [3.8, 4) is 0 Å². The van der Waals surface area contributed by atoms with Gasteiger partial charge in [0.05, 0.1) is 17.8 Å². The lowest BCUT2D eigenvalue weighted by Crippen LogP contribution is -2.40. The molecule has 0 saturated heterocycles. The zero-order valence-corrected chi connectivity index (χ0v) is 13.7. The van der Waals surface area contributed by atoms with E-state index in [0.29, 0.717) is 17.8 Å². The molecule has 7 heteroatoms. The van der Waals surface area contributed by atoms with E-state index in [2.05, 4.69) is 27.2 Å². The molecule has 1 aromatic rings. The second-order valence-electron chi connectivity index (χ2n) is 5.70. The van der Waals surface area contributed by atoms with Crippen LogP contribution in [0.25, 0.3) is 0 Å². The van der Waals surface area contributed by atoms with Gasteiger partial charge in [0.1, 0.15) is 5.82 Å². The van der Waals surface area contributed by atoms with Gasteiger partial charge in [0.25, 0.3) is 5.91 Å². The van der Waals surface area contributed by atoms with Crippen LogP contribution in [0.2, 0.25) is 0 Å². The van der Waals surface area contributed by atoms with Gasteiger partial charge < -0.3 is 16.4 Å². The van der Waals surface area contributed by atoms with Gasteiger partial charge in [-0.3, -0.25) is 14.8 Å². The van der Waals surface area contributed by atoms with Crippen LogP contribution in [0, 0.1) is 5.82 Å². The number of carbonyl (C=O) groups excluding carboxylic acids is 1. The first-order valence-electron chi connectivity index (χ1n) is 7.74. The highest BCUT2D eigenvalue weighted by atomic mass is 19.1. The number of likely N-dealkylation sites (N-methyl/N-ethyl adjacent to an activating group) is 1. The summed E-state index contributed by atoms with van der Waals surface area (Å²) in [4.78, 5) is 20.0. The molecular formula is C17H22FN5O. The molecular weight excluding hydrogens is 309 g/mol. The van der Waals surface area contributed by atoms with E-state index in [4.69, 9.17) is 5.73 Å². The van der Waals surface area contributed by atoms with E-state index in [1.807, 2.05) is 0 Å². The van der Waals surface area contributed by atoms with Gasteiger partial charge in [-0.15, -0.1) is 0 Å². The van der Waals surface area contributed by atoms with E-state index >= 15 is 0 Å². The third kappa shape index (κ3) is 3.79. The minimum atomic E-state index is -0.399. The molecule has 6 nitrogen and oxygen atoms in total. The Hall–Kier alpha value is -2.70. The average molecular weight is 331 g/mol. The summed E-state index contributed by atoms with van der Waals surface area (Å²) in [6.45, 7) is 3.91. The van der Waals surface area contributed by atoms with Crippen LogP contribution in [0.1, 0.15) is 25.0 Å². The maximum absolute atomic E-state index is 14.0. The highest BCUT2D eigenvalue weighted by Crippen LogP contribution is 2.43. The molecule has 1 fully saturated rings. The SMILES string of the molecule is C=C/C(=C\NC(N)=NCC1(c2ncccc2F)CCC1)C(=O)NC. The van der Waals surface area contributed by atoms with Gasteiger partial charge in [0, 0.05) is 24.9 Å². The fourth-order valence-electron chi connectivity index (χ4n) is 2.64. The number of halogens is 1. The summed E-state index contributed by atoms with van der Waals surface area (Å²) in [6, 6.07) is 2.99. The Morgan fingerprint density at radius 2 is 2.33 bits per heavy atom. The number of hydrogen-bond acceptors (Lipinski definition) is 3. The van der Waals surface area contributed by atoms with Crippen LogP contribution in [-0.4, -0.2) is 30.4 Å². The first kappa shape index (κ1) is 17.7. The molecule has 0 spiro atoms. The minimum absolute atomic E-state index is 0.154. The molecule has 128 valence electrons. The lowest BCUT2D eigenvalue weighted by atomic mass is 9.66. The Balaban J connectivity index is 2.08. The molecule has 1 heterocycles. The normalized spacial score (nSPS) is 16.9. The number of carbonyl (C=O) groups is 1. The topological polar surface area (TPSA) is 92.4 Å². The van der Waals surface area contributed by atoms with E-state index in [-0.39, 0.29) is 17.7 Å². The quantitative estimate of drug-likeness (QED) is 0.318. The van der Waals surface area contributed by atoms with Crippen LogP contribution in [0.3, 0.4) is 0 Å². The number of guanidine groups is 1. The first-order valence-corrected chi connectivity index (χ1v) is 7.74. The van der Waals surface area contributed by atoms with E-state index in [1.54, 1.807) is 12.3 Å². The molecule has 1 aliphatic carbocycles. The van der Waals surface area contributed by atoms with E-state index in [9.17, 15) is 9.18 Å². The summed E-state index contributed by atoms with van der Waals surface area (Å²) >= 11 is 0. The summed E-state index contributed by atoms with van der Waals surface area (Å²) in [5.41, 5.74) is 6.22. The minimum Gasteiger partial charge on any atom is -0.370 e. The van der Waals surface area contributed by atoms with Gasteiger partial charge in [-0.25, -0.2) is 4.39 Å². The molecule has 1 aromatic heterocycles. The molecule has 0 unspecified atom stereocenters. The lowest BCUT2D eigenvalue weighted by molar-refractivity contribution is -0.116. The van der Waals surface area contributed by atoms with Gasteiger partial charge in [0.2, 0.25) is 0 Å². The van der Waals surface area contributed by atoms with E-state index in [0.717, 1.165) is 19.3 Å². The number of aliphatic imine (C=N–C) groups is 1. The fraction of sp³-hybridized carbons (Fsp3) is 0.353. The van der Waals surface area contributed by atoms with Gasteiger partial charge in [0.15, 0.2) is 5.96 Å². The van der Waals surface area contributed by atoms with Gasteiger partial charge in [-0.05, 0) is 25.0 Å². The molecule has 0 aromatic carbocycles. The van der Waals surface area contributed by atoms with Crippen LogP contribution in [0.4, 0.5) is 4.39 Å². The summed E-state index contributed by atoms with van der Waals surface area (Å²) in [6.07, 6.45) is 7.09. The highest BCUT2D eigenvalue weighted by molar-refractivity contribution is 5.96. The maximum atomic E-state index is 14.0. The zero-order chi connectivity index (χ0) is 17.6. The Kier molecular flexibility index (Phi) is 5.68. The van der Waals surface area contributed by atoms with Crippen molar-refractivity contribution in [1.82, 2.24) is 15.6 Å². The standard InChI is InChI=1S/C17H22FN5O/c1-3-12(15(24)20-2)10-22-16(19)23-11-17(7-5-8-17)14-13(18)6-4-9-21-14/h3-4,6,9-10H,1,5,7-8,11H2,2H3,(H,20,24)(H3,19,22,23)/b12-10+. The zero-order valence-electron chi connectivity index (χ0n) is 13.7. The van der Waals surface area contributed by atoms with Crippen molar-refractivity contribution in [2.45, 2.75) is 24.7 Å². The van der Waals surface area contributed by atoms with Gasteiger partial charge >= 0.3 is 0 Å². The third-order valence-electron chi connectivity index (χ3n) is 4.21. The number of nitrogens with zero attached hydrogens (tertiary/aromatic N) is 2. The smallest absolute Gasteiger partial charge is 0.252 e. The van der Waals surface area contributed by atoms with Crippen molar-refractivity contribution in [3.05, 3.63) is 54.3 Å². The number of rotatable bonds is 6. The highest BCUT2D eigenvalue weighted by Gasteiger charge is 2.41. The summed E-state index contributed by atoms with van der Waals surface area (Å²) in [7, 11) is 1.53. The third-order valence-corrected chi connectivity index (χ3v) is 4.21. The maximum Gasteiger partial charge on any atom is 0.252 e. The van der Waals surface area contributed by atoms with Crippen molar-refractivity contribution >= 4 is 11.9 Å². The fourth-order valence-corrected chi connectivity index (χ4v) is 2.64. The van der Waals surface area contributed by atoms with Crippen molar-refractivity contribution in [2.24, 2.45) is 10.7 Å². The Morgan fingerprint density at radius 3 is 2.88 bits per heavy atom. The van der Waals surface area contributed by atoms with E-state index in [1.165, 1.54) is 25.4 Å². The molecule has 24 heavy (non-hydrogen) atoms. The predicted octanol–water partition coefficient (Wildman–Crippen LogP) is 1.36. The van der Waals surface area contributed by atoms with Crippen molar-refractivity contribution in [1.29, 1.82) is 0 Å². The largest absolute Gasteiger partial charge is 0.370 e. The van der Waals surface area contributed by atoms with Crippen LogP contribution >= 0.6 is 0 Å². The second-order valence-corrected chi connectivity index (χ2v) is 5.70. The van der Waals surface area contributed by atoms with Crippen LogP contribution in [-0.2, 0) is 10.2 Å². The Morgan fingerprint density at radius 1 is 1.58 bits per heavy atom. The molecule has 1 saturated carbocycles. The van der Waals surface area contributed by atoms with Crippen LogP contribution in [0.5, 0.6) is 0 Å². The summed E-state index contributed by atoms with van der Waals surface area (Å²) < 4.78 is 14.0. The first-order chi connectivity index (χ1) is 11.5. The van der Waals surface area contributed by atoms with Crippen LogP contribution < -0.4 is 16.4 Å². The summed E-state index contributed by atoms with van der Waals surface area (Å²) in [5, 5.41) is 5.25. The summed E-state index contributed by atoms with van der Waals surface area (Å²) in [5.74, 6) is -0.440. The van der Waals surface area contributed by atoms with Crippen LogP contribution in [0.15, 0.2) is 47.7 Å². The number of nitrogens with two attached hydrogens (primary N) is 1. The lowest BCUT2D eigenvalue weighted by Gasteiger charge is -2.40. The molecule has 1 aliphatic rings. The monoisotopic (exact) mass is 331 g/mol. The number of pyridine rings is 1.